The molecule has 0 N–H and O–H groups in total. The van der Waals surface area contributed by atoms with Crippen LogP contribution < -0.4 is 51.4 Å². The normalized spacial score (nSPS) is 31.0. The van der Waals surface area contributed by atoms with Gasteiger partial charge in [-0.25, -0.2) is 12.8 Å². The van der Waals surface area contributed by atoms with Gasteiger partial charge in [0, 0.05) is 0 Å². The molecule has 0 saturated heterocycles. The molecule has 0 aromatic rings. The van der Waals surface area contributed by atoms with Crippen molar-refractivity contribution in [2.75, 3.05) is 0 Å². The Morgan fingerprint density at radius 3 is 1.04 bits per heavy atom. The van der Waals surface area contributed by atoms with E-state index in [2.05, 4.69) is 0 Å². The van der Waals surface area contributed by atoms with E-state index < -0.39 is 56.6 Å². The van der Waals surface area contributed by atoms with E-state index in [0.717, 1.165) is 0 Å². The fourth-order valence-electron chi connectivity index (χ4n) is 2.49. The summed E-state index contributed by atoms with van der Waals surface area (Å²) in [7, 11) is -8.80. The Morgan fingerprint density at radius 2 is 0.821 bits per heavy atom. The third-order valence-corrected chi connectivity index (χ3v) is 4.99. The molecule has 3 nitrogen and oxygen atoms in total. The Balaban J connectivity index is 0.00000729. The van der Waals surface area contributed by atoms with E-state index in [1.807, 2.05) is 0 Å². The molecular formula is C8F15KO3S. The van der Waals surface area contributed by atoms with Gasteiger partial charge in [-0.1, -0.05) is 0 Å². The van der Waals surface area contributed by atoms with Gasteiger partial charge in [0.1, 0.15) is 10.1 Å². The first kappa shape index (κ1) is 28.5. The molecule has 1 aliphatic carbocycles. The SMILES string of the molecule is O=S(=O)([O-])C1(F)C(F)(F)C(F)(F)C(F)(F)C(F)(F)C1(C(F)(F)F)C(F)(F)F.[K+]. The fourth-order valence-corrected chi connectivity index (χ4v) is 3.67. The molecule has 1 rings (SSSR count). The first-order chi connectivity index (χ1) is 11.2. The summed E-state index contributed by atoms with van der Waals surface area (Å²) in [5.41, 5.74) is -8.77. The van der Waals surface area contributed by atoms with Crippen molar-refractivity contribution in [3.8, 4) is 0 Å². The Hall–Kier alpha value is 0.496. The Kier molecular flexibility index (Phi) is 6.62. The Labute approximate surface area is 185 Å². The zero-order chi connectivity index (χ0) is 22.5. The molecule has 0 bridgehead atoms. The summed E-state index contributed by atoms with van der Waals surface area (Å²) in [6, 6.07) is 0. The molecule has 1 unspecified atom stereocenters. The molecule has 20 heteroatoms. The van der Waals surface area contributed by atoms with E-state index in [1.54, 1.807) is 0 Å². The van der Waals surface area contributed by atoms with Gasteiger partial charge in [-0.15, -0.1) is 0 Å². The summed E-state index contributed by atoms with van der Waals surface area (Å²) in [6.07, 6.45) is -16.9. The van der Waals surface area contributed by atoms with Crippen molar-refractivity contribution in [3.05, 3.63) is 0 Å². The van der Waals surface area contributed by atoms with Gasteiger partial charge >= 0.3 is 87.4 Å². The van der Waals surface area contributed by atoms with E-state index in [9.17, 15) is 78.8 Å². The molecular weight excluding hydrogens is 500 g/mol. The quantitative estimate of drug-likeness (QED) is 0.305. The molecule has 0 spiro atoms. The molecule has 0 heterocycles. The van der Waals surface area contributed by atoms with Crippen LogP contribution in [0, 0.1) is 5.41 Å². The first-order valence-electron chi connectivity index (χ1n) is 5.54. The van der Waals surface area contributed by atoms with Gasteiger partial charge in [-0.3, -0.25) is 0 Å². The van der Waals surface area contributed by atoms with Crippen LogP contribution in [0.4, 0.5) is 65.9 Å². The number of rotatable bonds is 1. The van der Waals surface area contributed by atoms with Crippen LogP contribution in [0.15, 0.2) is 0 Å². The molecule has 0 amide bonds. The Bertz CT molecular complexity index is 723. The number of halogens is 15. The average molecular weight is 500 g/mol. The fraction of sp³-hybridized carbons (Fsp3) is 1.00. The number of hydrogen-bond acceptors (Lipinski definition) is 3. The van der Waals surface area contributed by atoms with Gasteiger partial charge in [0.25, 0.3) is 10.4 Å². The molecule has 1 saturated carbocycles. The number of hydrogen-bond donors (Lipinski definition) is 0. The molecule has 1 aliphatic rings. The van der Waals surface area contributed by atoms with E-state index >= 15 is 0 Å². The smallest absolute Gasteiger partial charge is 0.745 e. The molecule has 0 radical (unpaired) electrons. The molecule has 1 fully saturated rings. The van der Waals surface area contributed by atoms with Crippen LogP contribution in [0.2, 0.25) is 0 Å². The second-order valence-electron chi connectivity index (χ2n) is 5.09. The monoisotopic (exact) mass is 500 g/mol. The summed E-state index contributed by atoms with van der Waals surface area (Å²) < 4.78 is 229. The molecule has 1 atom stereocenters. The minimum atomic E-state index is -8.80. The molecule has 0 aromatic carbocycles. The van der Waals surface area contributed by atoms with Crippen LogP contribution in [0.3, 0.4) is 0 Å². The Morgan fingerprint density at radius 1 is 0.571 bits per heavy atom. The standard InChI is InChI=1S/C8HF15O3S.K/c9-2(10)1(7(18,19)20,8(21,22)23)6(17,27(24,25)26)5(15,16)4(13,14)3(2,11)12;/h(H,24,25,26);/q;+1/p-1. The van der Waals surface area contributed by atoms with E-state index in [4.69, 9.17) is 0 Å². The van der Waals surface area contributed by atoms with Crippen molar-refractivity contribution in [1.29, 1.82) is 0 Å². The van der Waals surface area contributed by atoms with Gasteiger partial charge in [0.2, 0.25) is 0 Å². The summed E-state index contributed by atoms with van der Waals surface area (Å²) >= 11 is 0. The maximum atomic E-state index is 14.1. The summed E-state index contributed by atoms with van der Waals surface area (Å²) in [6.45, 7) is 0. The second-order valence-corrected chi connectivity index (χ2v) is 6.56. The predicted molar refractivity (Wildman–Crippen MR) is 47.9 cm³/mol. The van der Waals surface area contributed by atoms with E-state index in [0.29, 0.717) is 0 Å². The minimum absolute atomic E-state index is 0. The van der Waals surface area contributed by atoms with Crippen molar-refractivity contribution in [2.24, 2.45) is 5.41 Å². The number of alkyl halides is 15. The third-order valence-electron chi connectivity index (χ3n) is 3.74. The molecule has 0 aromatic heterocycles. The average Bonchev–Trinajstić information content (AvgIpc) is 2.31. The summed E-state index contributed by atoms with van der Waals surface area (Å²) in [5, 5.41) is -8.53. The maximum absolute atomic E-state index is 14.1. The van der Waals surface area contributed by atoms with Crippen LogP contribution >= 0.6 is 0 Å². The van der Waals surface area contributed by atoms with Crippen LogP contribution in [-0.4, -0.2) is 54.0 Å². The third kappa shape index (κ3) is 2.59. The maximum Gasteiger partial charge on any atom is 1.00 e. The van der Waals surface area contributed by atoms with Crippen LogP contribution in [0.25, 0.3) is 0 Å². The van der Waals surface area contributed by atoms with Crippen molar-refractivity contribution in [2.45, 2.75) is 41.0 Å². The van der Waals surface area contributed by atoms with Gasteiger partial charge in [-0.05, 0) is 0 Å². The van der Waals surface area contributed by atoms with Crippen LogP contribution in [0.5, 0.6) is 0 Å². The van der Waals surface area contributed by atoms with Gasteiger partial charge < -0.3 is 4.55 Å². The van der Waals surface area contributed by atoms with E-state index in [1.165, 1.54) is 0 Å². The largest absolute Gasteiger partial charge is 1.00 e. The van der Waals surface area contributed by atoms with Crippen molar-refractivity contribution in [1.82, 2.24) is 0 Å². The van der Waals surface area contributed by atoms with Crippen molar-refractivity contribution < 1.29 is 130 Å². The topological polar surface area (TPSA) is 57.2 Å². The molecule has 162 valence electrons. The zero-order valence-electron chi connectivity index (χ0n) is 12.3. The van der Waals surface area contributed by atoms with Gasteiger partial charge in [-0.2, -0.15) is 61.5 Å². The molecule has 0 aliphatic heterocycles. The van der Waals surface area contributed by atoms with Crippen LogP contribution in [0.1, 0.15) is 0 Å². The minimum Gasteiger partial charge on any atom is -0.745 e. The molecule has 28 heavy (non-hydrogen) atoms. The van der Waals surface area contributed by atoms with E-state index in [-0.39, 0.29) is 51.4 Å². The predicted octanol–water partition coefficient (Wildman–Crippen LogP) is 0.867. The van der Waals surface area contributed by atoms with Crippen LogP contribution in [-0.2, 0) is 10.1 Å². The van der Waals surface area contributed by atoms with Crippen molar-refractivity contribution >= 4 is 10.1 Å². The first-order valence-corrected chi connectivity index (χ1v) is 6.95. The summed E-state index contributed by atoms with van der Waals surface area (Å²) in [5.74, 6) is -33.6. The zero-order valence-corrected chi connectivity index (χ0v) is 16.2. The summed E-state index contributed by atoms with van der Waals surface area (Å²) in [4.78, 5) is 0. The van der Waals surface area contributed by atoms with Gasteiger partial charge in [0.15, 0.2) is 0 Å². The van der Waals surface area contributed by atoms with Crippen molar-refractivity contribution in [3.63, 3.8) is 0 Å². The van der Waals surface area contributed by atoms with Gasteiger partial charge in [0.05, 0.1) is 0 Å². The second kappa shape index (κ2) is 6.50.